The average molecular weight is 333 g/mol. The Morgan fingerprint density at radius 3 is 2.79 bits per heavy atom. The molecule has 24 heavy (non-hydrogen) atoms. The van der Waals surface area contributed by atoms with E-state index >= 15 is 0 Å². The van der Waals surface area contributed by atoms with Gasteiger partial charge in [0.05, 0.1) is 13.1 Å². The number of nitrogens with two attached hydrogens (primary N) is 2. The maximum absolute atomic E-state index is 12.2. The molecule has 1 saturated heterocycles. The summed E-state index contributed by atoms with van der Waals surface area (Å²) in [5.41, 5.74) is 12.3. The standard InChI is InChI=1S/C16H23N5O3/c17-9-15(23)21-8-2-5-13(21)16(24)19-10-14(22)20-12-4-1-3-11(18)6-7-12/h3-4,6-7,13H,1-2,5,8-10,17-18H2,(H,19,24)(H,20,22). The second-order valence-corrected chi connectivity index (χ2v) is 5.65. The normalized spacial score (nSPS) is 20.0. The SMILES string of the molecule is NCC(=O)N1CCCC1C(=O)NCC(=O)NC1=CCC=C(N)C=C1. The first-order valence-electron chi connectivity index (χ1n) is 7.92. The predicted molar refractivity (Wildman–Crippen MR) is 89.1 cm³/mol. The van der Waals surface area contributed by atoms with Crippen LogP contribution in [-0.2, 0) is 14.4 Å². The number of carbonyl (C=O) groups is 3. The lowest BCUT2D eigenvalue weighted by molar-refractivity contribution is -0.137. The third-order valence-electron chi connectivity index (χ3n) is 3.90. The number of amides is 3. The average Bonchev–Trinajstić information content (AvgIpc) is 2.97. The predicted octanol–water partition coefficient (Wildman–Crippen LogP) is -1.15. The third kappa shape index (κ3) is 4.69. The Kier molecular flexibility index (Phi) is 6.14. The van der Waals surface area contributed by atoms with Gasteiger partial charge in [-0.2, -0.15) is 0 Å². The second-order valence-electron chi connectivity index (χ2n) is 5.65. The monoisotopic (exact) mass is 333 g/mol. The van der Waals surface area contributed by atoms with Crippen molar-refractivity contribution in [2.45, 2.75) is 25.3 Å². The van der Waals surface area contributed by atoms with Gasteiger partial charge in [-0.1, -0.05) is 12.2 Å². The van der Waals surface area contributed by atoms with Gasteiger partial charge in [-0.25, -0.2) is 0 Å². The minimum atomic E-state index is -0.546. The van der Waals surface area contributed by atoms with Crippen LogP contribution >= 0.6 is 0 Å². The first-order valence-corrected chi connectivity index (χ1v) is 7.92. The Labute approximate surface area is 140 Å². The van der Waals surface area contributed by atoms with E-state index in [4.69, 9.17) is 11.5 Å². The molecule has 8 nitrogen and oxygen atoms in total. The third-order valence-corrected chi connectivity index (χ3v) is 3.90. The molecule has 130 valence electrons. The molecule has 1 aliphatic carbocycles. The van der Waals surface area contributed by atoms with Crippen molar-refractivity contribution < 1.29 is 14.4 Å². The molecule has 1 unspecified atom stereocenters. The Morgan fingerprint density at radius 1 is 1.25 bits per heavy atom. The van der Waals surface area contributed by atoms with E-state index in [2.05, 4.69) is 10.6 Å². The number of nitrogens with one attached hydrogen (secondary N) is 2. The molecular formula is C16H23N5O3. The zero-order chi connectivity index (χ0) is 17.5. The molecule has 0 bridgehead atoms. The van der Waals surface area contributed by atoms with Crippen LogP contribution in [0.5, 0.6) is 0 Å². The summed E-state index contributed by atoms with van der Waals surface area (Å²) >= 11 is 0. The Bertz CT molecular complexity index is 609. The number of likely N-dealkylation sites (tertiary alicyclic amines) is 1. The zero-order valence-electron chi connectivity index (χ0n) is 13.5. The second kappa shape index (κ2) is 8.30. The quantitative estimate of drug-likeness (QED) is 0.505. The van der Waals surface area contributed by atoms with Gasteiger partial charge in [-0.3, -0.25) is 14.4 Å². The molecule has 1 fully saturated rings. The Balaban J connectivity index is 1.81. The maximum atomic E-state index is 12.2. The molecule has 1 atom stereocenters. The van der Waals surface area contributed by atoms with E-state index in [0.717, 1.165) is 6.42 Å². The van der Waals surface area contributed by atoms with Gasteiger partial charge >= 0.3 is 0 Å². The van der Waals surface area contributed by atoms with Crippen LogP contribution in [0.15, 0.2) is 35.7 Å². The largest absolute Gasteiger partial charge is 0.399 e. The van der Waals surface area contributed by atoms with E-state index in [1.54, 1.807) is 12.2 Å². The van der Waals surface area contributed by atoms with Crippen LogP contribution in [0.1, 0.15) is 19.3 Å². The molecule has 2 aliphatic rings. The topological polar surface area (TPSA) is 131 Å². The van der Waals surface area contributed by atoms with Crippen LogP contribution in [0, 0.1) is 0 Å². The van der Waals surface area contributed by atoms with Crippen LogP contribution in [0.2, 0.25) is 0 Å². The summed E-state index contributed by atoms with van der Waals surface area (Å²) in [6.07, 6.45) is 9.03. The molecule has 1 aliphatic heterocycles. The van der Waals surface area contributed by atoms with E-state index in [0.29, 0.717) is 30.8 Å². The molecule has 8 heteroatoms. The molecular weight excluding hydrogens is 310 g/mol. The molecule has 0 aromatic carbocycles. The van der Waals surface area contributed by atoms with Gasteiger partial charge in [-0.15, -0.1) is 0 Å². The summed E-state index contributed by atoms with van der Waals surface area (Å²) in [7, 11) is 0. The molecule has 0 aromatic heterocycles. The molecule has 0 aromatic rings. The first-order chi connectivity index (χ1) is 11.5. The fourth-order valence-electron chi connectivity index (χ4n) is 2.68. The van der Waals surface area contributed by atoms with Crippen molar-refractivity contribution in [2.75, 3.05) is 19.6 Å². The minimum Gasteiger partial charge on any atom is -0.399 e. The van der Waals surface area contributed by atoms with Gasteiger partial charge in [0.2, 0.25) is 17.7 Å². The van der Waals surface area contributed by atoms with Crippen molar-refractivity contribution in [1.29, 1.82) is 0 Å². The smallest absolute Gasteiger partial charge is 0.243 e. The highest BCUT2D eigenvalue weighted by atomic mass is 16.2. The highest BCUT2D eigenvalue weighted by molar-refractivity contribution is 5.91. The Hall–Kier alpha value is -2.61. The van der Waals surface area contributed by atoms with Crippen molar-refractivity contribution in [3.63, 3.8) is 0 Å². The van der Waals surface area contributed by atoms with Crippen LogP contribution in [0.3, 0.4) is 0 Å². The van der Waals surface area contributed by atoms with E-state index in [1.165, 1.54) is 4.90 Å². The van der Waals surface area contributed by atoms with Gasteiger partial charge in [0.25, 0.3) is 0 Å². The summed E-state index contributed by atoms with van der Waals surface area (Å²) in [6.45, 7) is 0.239. The van der Waals surface area contributed by atoms with Gasteiger partial charge < -0.3 is 27.0 Å². The van der Waals surface area contributed by atoms with Gasteiger partial charge in [0.1, 0.15) is 6.04 Å². The molecule has 2 rings (SSSR count). The summed E-state index contributed by atoms with van der Waals surface area (Å²) in [5, 5.41) is 5.27. The maximum Gasteiger partial charge on any atom is 0.243 e. The first kappa shape index (κ1) is 17.7. The van der Waals surface area contributed by atoms with Gasteiger partial charge in [-0.05, 0) is 31.4 Å². The summed E-state index contributed by atoms with van der Waals surface area (Å²) in [6, 6.07) is -0.546. The minimum absolute atomic E-state index is 0.123. The van der Waals surface area contributed by atoms with E-state index in [1.807, 2.05) is 12.2 Å². The molecule has 0 radical (unpaired) electrons. The van der Waals surface area contributed by atoms with Crippen molar-refractivity contribution in [3.05, 3.63) is 35.7 Å². The van der Waals surface area contributed by atoms with Gasteiger partial charge in [0, 0.05) is 17.9 Å². The van der Waals surface area contributed by atoms with E-state index < -0.39 is 6.04 Å². The van der Waals surface area contributed by atoms with Crippen LogP contribution in [-0.4, -0.2) is 48.3 Å². The van der Waals surface area contributed by atoms with Gasteiger partial charge in [0.15, 0.2) is 0 Å². The van der Waals surface area contributed by atoms with E-state index in [-0.39, 0.29) is 30.8 Å². The zero-order valence-corrected chi connectivity index (χ0v) is 13.5. The molecule has 3 amide bonds. The van der Waals surface area contributed by atoms with Crippen molar-refractivity contribution in [3.8, 4) is 0 Å². The fraction of sp³-hybridized carbons (Fsp3) is 0.438. The van der Waals surface area contributed by atoms with E-state index in [9.17, 15) is 14.4 Å². The number of allylic oxidation sites excluding steroid dienone is 4. The number of carbonyl (C=O) groups excluding carboxylic acids is 3. The number of hydrogen-bond donors (Lipinski definition) is 4. The number of hydrogen-bond acceptors (Lipinski definition) is 5. The highest BCUT2D eigenvalue weighted by Crippen LogP contribution is 2.17. The van der Waals surface area contributed by atoms with Crippen molar-refractivity contribution in [1.82, 2.24) is 15.5 Å². The fourth-order valence-corrected chi connectivity index (χ4v) is 2.68. The van der Waals surface area contributed by atoms with Crippen molar-refractivity contribution >= 4 is 17.7 Å². The summed E-state index contributed by atoms with van der Waals surface area (Å²) in [5.74, 6) is -0.925. The summed E-state index contributed by atoms with van der Waals surface area (Å²) in [4.78, 5) is 37.3. The van der Waals surface area contributed by atoms with Crippen molar-refractivity contribution in [2.24, 2.45) is 11.5 Å². The number of rotatable bonds is 5. The molecule has 0 saturated carbocycles. The Morgan fingerprint density at radius 2 is 2.04 bits per heavy atom. The lowest BCUT2D eigenvalue weighted by Gasteiger charge is -2.23. The highest BCUT2D eigenvalue weighted by Gasteiger charge is 2.33. The lowest BCUT2D eigenvalue weighted by Crippen LogP contribution is -2.49. The van der Waals surface area contributed by atoms with Crippen LogP contribution in [0.4, 0.5) is 0 Å². The lowest BCUT2D eigenvalue weighted by atomic mass is 10.2. The van der Waals surface area contributed by atoms with Crippen LogP contribution < -0.4 is 22.1 Å². The summed E-state index contributed by atoms with van der Waals surface area (Å²) < 4.78 is 0. The van der Waals surface area contributed by atoms with Crippen LogP contribution in [0.25, 0.3) is 0 Å². The molecule has 1 heterocycles. The number of nitrogens with zero attached hydrogens (tertiary/aromatic N) is 1. The molecule has 0 spiro atoms. The molecule has 6 N–H and O–H groups in total.